The lowest BCUT2D eigenvalue weighted by molar-refractivity contribution is -0.144. The molecular formula is C9H10BrNO3. The average Bonchev–Trinajstić information content (AvgIpc) is 2.40. The Morgan fingerprint density at radius 2 is 2.43 bits per heavy atom. The highest BCUT2D eigenvalue weighted by Crippen LogP contribution is 2.21. The first-order valence-electron chi connectivity index (χ1n) is 4.33. The summed E-state index contributed by atoms with van der Waals surface area (Å²) >= 11 is 3.38. The maximum absolute atomic E-state index is 10.8. The number of carboxylic acid groups (broad SMARTS) is 1. The molecule has 0 spiro atoms. The number of aliphatic carboxylic acids is 1. The number of carbonyl (C=O) groups is 1. The van der Waals surface area contributed by atoms with Crippen molar-refractivity contribution in [3.8, 4) is 0 Å². The Hall–Kier alpha value is -0.810. The van der Waals surface area contributed by atoms with Crippen LogP contribution in [0.3, 0.4) is 0 Å². The van der Waals surface area contributed by atoms with Gasteiger partial charge in [-0.2, -0.15) is 0 Å². The van der Waals surface area contributed by atoms with Crippen LogP contribution in [0.25, 0.3) is 0 Å². The van der Waals surface area contributed by atoms with Crippen molar-refractivity contribution < 1.29 is 14.6 Å². The largest absolute Gasteiger partial charge is 0.481 e. The molecule has 0 bridgehead atoms. The lowest BCUT2D eigenvalue weighted by atomic mass is 10.1. The minimum Gasteiger partial charge on any atom is -0.481 e. The molecule has 1 N–H and O–H groups in total. The average molecular weight is 260 g/mol. The van der Waals surface area contributed by atoms with E-state index in [1.54, 1.807) is 0 Å². The van der Waals surface area contributed by atoms with Crippen molar-refractivity contribution in [3.05, 3.63) is 22.4 Å². The van der Waals surface area contributed by atoms with Gasteiger partial charge in [0.15, 0.2) is 0 Å². The van der Waals surface area contributed by atoms with Gasteiger partial charge in [0.05, 0.1) is 23.7 Å². The SMILES string of the molecule is O=C(O)C1COCc2ccc(Br)n2C1. The molecule has 1 aromatic heterocycles. The van der Waals surface area contributed by atoms with E-state index >= 15 is 0 Å². The predicted molar refractivity (Wildman–Crippen MR) is 52.9 cm³/mol. The maximum Gasteiger partial charge on any atom is 0.310 e. The summed E-state index contributed by atoms with van der Waals surface area (Å²) in [5, 5.41) is 8.91. The van der Waals surface area contributed by atoms with Gasteiger partial charge in [0.25, 0.3) is 0 Å². The van der Waals surface area contributed by atoms with Crippen molar-refractivity contribution in [1.82, 2.24) is 4.57 Å². The fraction of sp³-hybridized carbons (Fsp3) is 0.444. The molecule has 5 heteroatoms. The Labute approximate surface area is 89.6 Å². The Kier molecular flexibility index (Phi) is 2.60. The highest BCUT2D eigenvalue weighted by molar-refractivity contribution is 9.10. The summed E-state index contributed by atoms with van der Waals surface area (Å²) in [4.78, 5) is 10.8. The first-order valence-corrected chi connectivity index (χ1v) is 5.12. The molecular weight excluding hydrogens is 250 g/mol. The Morgan fingerprint density at radius 1 is 1.64 bits per heavy atom. The standard InChI is InChI=1S/C9H10BrNO3/c10-8-2-1-7-5-14-4-6(9(12)13)3-11(7)8/h1-2,6H,3-5H2,(H,12,13). The van der Waals surface area contributed by atoms with Crippen LogP contribution in [0.15, 0.2) is 16.7 Å². The molecule has 0 fully saturated rings. The molecule has 0 saturated heterocycles. The second-order valence-corrected chi connectivity index (χ2v) is 4.12. The van der Waals surface area contributed by atoms with Gasteiger partial charge in [0.1, 0.15) is 0 Å². The van der Waals surface area contributed by atoms with Crippen molar-refractivity contribution in [2.24, 2.45) is 5.92 Å². The van der Waals surface area contributed by atoms with E-state index in [-0.39, 0.29) is 6.61 Å². The number of nitrogens with zero attached hydrogens (tertiary/aromatic N) is 1. The van der Waals surface area contributed by atoms with Crippen LogP contribution in [0.4, 0.5) is 0 Å². The molecule has 0 radical (unpaired) electrons. The van der Waals surface area contributed by atoms with Crippen LogP contribution in [-0.2, 0) is 22.7 Å². The van der Waals surface area contributed by atoms with Crippen LogP contribution in [0.5, 0.6) is 0 Å². The number of carboxylic acids is 1. The van der Waals surface area contributed by atoms with Crippen molar-refractivity contribution in [1.29, 1.82) is 0 Å². The lowest BCUT2D eigenvalue weighted by Gasteiger charge is -2.10. The van der Waals surface area contributed by atoms with Crippen LogP contribution in [0, 0.1) is 5.92 Å². The number of hydrogen-bond donors (Lipinski definition) is 1. The molecule has 4 nitrogen and oxygen atoms in total. The predicted octanol–water partition coefficient (Wildman–Crippen LogP) is 1.48. The van der Waals surface area contributed by atoms with E-state index in [2.05, 4.69) is 15.9 Å². The zero-order valence-corrected chi connectivity index (χ0v) is 9.03. The van der Waals surface area contributed by atoms with Gasteiger partial charge >= 0.3 is 5.97 Å². The molecule has 1 aliphatic heterocycles. The van der Waals surface area contributed by atoms with Crippen LogP contribution >= 0.6 is 15.9 Å². The van der Waals surface area contributed by atoms with Crippen molar-refractivity contribution in [2.45, 2.75) is 13.2 Å². The van der Waals surface area contributed by atoms with Crippen LogP contribution in [0.1, 0.15) is 5.69 Å². The topological polar surface area (TPSA) is 51.5 Å². The van der Waals surface area contributed by atoms with E-state index in [0.717, 1.165) is 10.3 Å². The molecule has 76 valence electrons. The highest BCUT2D eigenvalue weighted by Gasteiger charge is 2.23. The molecule has 14 heavy (non-hydrogen) atoms. The first kappa shape index (κ1) is 9.73. The van der Waals surface area contributed by atoms with Crippen molar-refractivity contribution in [2.75, 3.05) is 6.61 Å². The molecule has 0 aliphatic carbocycles. The number of rotatable bonds is 1. The van der Waals surface area contributed by atoms with Gasteiger partial charge in [-0.15, -0.1) is 0 Å². The Morgan fingerprint density at radius 3 is 3.14 bits per heavy atom. The summed E-state index contributed by atoms with van der Waals surface area (Å²) in [5.41, 5.74) is 1.01. The number of aromatic nitrogens is 1. The molecule has 0 aromatic carbocycles. The molecule has 1 aromatic rings. The van der Waals surface area contributed by atoms with Crippen LogP contribution < -0.4 is 0 Å². The third-order valence-electron chi connectivity index (χ3n) is 2.34. The van der Waals surface area contributed by atoms with E-state index < -0.39 is 11.9 Å². The van der Waals surface area contributed by atoms with E-state index in [4.69, 9.17) is 9.84 Å². The molecule has 2 heterocycles. The minimum atomic E-state index is -0.807. The zero-order chi connectivity index (χ0) is 10.1. The van der Waals surface area contributed by atoms with Gasteiger partial charge in [-0.1, -0.05) is 0 Å². The summed E-state index contributed by atoms with van der Waals surface area (Å²) in [6.45, 7) is 1.23. The summed E-state index contributed by atoms with van der Waals surface area (Å²) in [5.74, 6) is -1.27. The molecule has 1 atom stereocenters. The number of ether oxygens (including phenoxy) is 1. The Bertz CT molecular complexity index is 361. The summed E-state index contributed by atoms with van der Waals surface area (Å²) in [7, 11) is 0. The third kappa shape index (κ3) is 1.69. The molecule has 2 rings (SSSR count). The molecule has 1 unspecified atom stereocenters. The highest BCUT2D eigenvalue weighted by atomic mass is 79.9. The van der Waals surface area contributed by atoms with Crippen LogP contribution in [-0.4, -0.2) is 22.2 Å². The van der Waals surface area contributed by atoms with E-state index in [1.165, 1.54) is 0 Å². The van der Waals surface area contributed by atoms with Gasteiger partial charge in [-0.25, -0.2) is 0 Å². The number of hydrogen-bond acceptors (Lipinski definition) is 2. The fourth-order valence-corrected chi connectivity index (χ4v) is 2.05. The van der Waals surface area contributed by atoms with Crippen molar-refractivity contribution in [3.63, 3.8) is 0 Å². The van der Waals surface area contributed by atoms with Gasteiger partial charge in [-0.05, 0) is 28.1 Å². The van der Waals surface area contributed by atoms with Crippen LogP contribution in [0.2, 0.25) is 0 Å². The van der Waals surface area contributed by atoms with Gasteiger partial charge in [-0.3, -0.25) is 4.79 Å². The third-order valence-corrected chi connectivity index (χ3v) is 3.03. The summed E-state index contributed by atoms with van der Waals surface area (Å²) in [6.07, 6.45) is 0. The Balaban J connectivity index is 2.29. The van der Waals surface area contributed by atoms with Gasteiger partial charge in [0.2, 0.25) is 0 Å². The normalized spacial score (nSPS) is 21.4. The number of halogens is 1. The molecule has 0 saturated carbocycles. The second-order valence-electron chi connectivity index (χ2n) is 3.31. The molecule has 1 aliphatic rings. The zero-order valence-electron chi connectivity index (χ0n) is 7.44. The van der Waals surface area contributed by atoms with Gasteiger partial charge in [0, 0.05) is 12.2 Å². The van der Waals surface area contributed by atoms with E-state index in [9.17, 15) is 4.79 Å². The first-order chi connectivity index (χ1) is 6.68. The fourth-order valence-electron chi connectivity index (χ4n) is 1.54. The van der Waals surface area contributed by atoms with E-state index in [0.29, 0.717) is 13.2 Å². The second kappa shape index (κ2) is 3.74. The number of fused-ring (bicyclic) bond motifs is 1. The maximum atomic E-state index is 10.8. The van der Waals surface area contributed by atoms with Crippen molar-refractivity contribution >= 4 is 21.9 Å². The summed E-state index contributed by atoms with van der Waals surface area (Å²) < 4.78 is 8.13. The lowest BCUT2D eigenvalue weighted by Crippen LogP contribution is -2.22. The minimum absolute atomic E-state index is 0.281. The monoisotopic (exact) mass is 259 g/mol. The summed E-state index contributed by atoms with van der Waals surface area (Å²) in [6, 6.07) is 3.84. The smallest absolute Gasteiger partial charge is 0.310 e. The van der Waals surface area contributed by atoms with E-state index in [1.807, 2.05) is 16.7 Å². The molecule has 0 amide bonds. The van der Waals surface area contributed by atoms with Gasteiger partial charge < -0.3 is 14.4 Å². The quantitative estimate of drug-likeness (QED) is 0.832.